The highest BCUT2D eigenvalue weighted by Crippen LogP contribution is 2.32. The van der Waals surface area contributed by atoms with E-state index in [-0.39, 0.29) is 12.3 Å². The molecule has 0 fully saturated rings. The summed E-state index contributed by atoms with van der Waals surface area (Å²) in [6, 6.07) is 14.8. The summed E-state index contributed by atoms with van der Waals surface area (Å²) in [5.41, 5.74) is 2.16. The summed E-state index contributed by atoms with van der Waals surface area (Å²) >= 11 is 0. The van der Waals surface area contributed by atoms with Crippen LogP contribution in [0.5, 0.6) is 5.75 Å². The van der Waals surface area contributed by atoms with Crippen molar-refractivity contribution in [3.8, 4) is 5.75 Å². The number of benzene rings is 2. The van der Waals surface area contributed by atoms with E-state index < -0.39 is 11.7 Å². The van der Waals surface area contributed by atoms with Gasteiger partial charge in [-0.15, -0.1) is 0 Å². The Morgan fingerprint density at radius 2 is 1.83 bits per heavy atom. The maximum Gasteiger partial charge on any atom is 0.416 e. The van der Waals surface area contributed by atoms with Crippen LogP contribution < -0.4 is 0 Å². The Balaban J connectivity index is 1.43. The van der Waals surface area contributed by atoms with Crippen molar-refractivity contribution in [2.45, 2.75) is 19.1 Å². The summed E-state index contributed by atoms with van der Waals surface area (Å²) in [4.78, 5) is 6.49. The summed E-state index contributed by atoms with van der Waals surface area (Å²) < 4.78 is 39.6. The maximum atomic E-state index is 13.2. The minimum absolute atomic E-state index is 0.148. The monoisotopic (exact) mass is 410 g/mol. The number of aromatic hydroxyl groups is 1. The molecule has 0 atom stereocenters. The first-order chi connectivity index (χ1) is 14.4. The zero-order chi connectivity index (χ0) is 21.1. The molecule has 2 aromatic carbocycles. The van der Waals surface area contributed by atoms with Crippen molar-refractivity contribution in [3.05, 3.63) is 89.1 Å². The molecular formula is C24H21F3N2O. The van der Waals surface area contributed by atoms with E-state index in [2.05, 4.69) is 4.98 Å². The topological polar surface area (TPSA) is 36.4 Å². The first-order valence-electron chi connectivity index (χ1n) is 9.73. The van der Waals surface area contributed by atoms with Crippen LogP contribution in [0.3, 0.4) is 0 Å². The molecule has 0 bridgehead atoms. The van der Waals surface area contributed by atoms with E-state index >= 15 is 0 Å². The molecule has 4 rings (SSSR count). The van der Waals surface area contributed by atoms with Crippen LogP contribution >= 0.6 is 0 Å². The highest BCUT2D eigenvalue weighted by Gasteiger charge is 2.33. The van der Waals surface area contributed by atoms with Crippen molar-refractivity contribution < 1.29 is 18.3 Å². The Bertz CT molecular complexity index is 1120. The third kappa shape index (κ3) is 4.54. The van der Waals surface area contributed by atoms with Crippen molar-refractivity contribution in [1.82, 2.24) is 9.88 Å². The van der Waals surface area contributed by atoms with Crippen LogP contribution in [0.2, 0.25) is 0 Å². The van der Waals surface area contributed by atoms with Gasteiger partial charge in [0.1, 0.15) is 11.3 Å². The van der Waals surface area contributed by atoms with Gasteiger partial charge in [-0.2, -0.15) is 13.2 Å². The molecule has 2 heterocycles. The molecule has 0 saturated heterocycles. The Morgan fingerprint density at radius 3 is 2.60 bits per heavy atom. The lowest BCUT2D eigenvalue weighted by atomic mass is 10.0. The summed E-state index contributed by atoms with van der Waals surface area (Å²) in [5, 5.41) is 10.8. The number of aromatic nitrogens is 1. The second-order valence-corrected chi connectivity index (χ2v) is 7.34. The van der Waals surface area contributed by atoms with Gasteiger partial charge < -0.3 is 5.11 Å². The Labute approximate surface area is 172 Å². The van der Waals surface area contributed by atoms with E-state index in [9.17, 15) is 18.3 Å². The first kappa shape index (κ1) is 20.2. The molecule has 0 aliphatic carbocycles. The quantitative estimate of drug-likeness (QED) is 0.590. The van der Waals surface area contributed by atoms with Crippen LogP contribution in [0.25, 0.3) is 17.0 Å². The van der Waals surface area contributed by atoms with Gasteiger partial charge >= 0.3 is 6.18 Å². The molecule has 154 valence electrons. The first-order valence-corrected chi connectivity index (χ1v) is 9.73. The lowest BCUT2D eigenvalue weighted by Crippen LogP contribution is -2.29. The van der Waals surface area contributed by atoms with Crippen molar-refractivity contribution >= 4 is 17.0 Å². The van der Waals surface area contributed by atoms with Gasteiger partial charge in [-0.25, -0.2) is 4.98 Å². The third-order valence-corrected chi connectivity index (χ3v) is 5.23. The normalized spacial score (nSPS) is 15.6. The van der Waals surface area contributed by atoms with Crippen molar-refractivity contribution in [1.29, 1.82) is 0 Å². The van der Waals surface area contributed by atoms with Gasteiger partial charge in [-0.05, 0) is 41.8 Å². The lowest BCUT2D eigenvalue weighted by molar-refractivity contribution is -0.138. The summed E-state index contributed by atoms with van der Waals surface area (Å²) in [7, 11) is 0. The number of nitrogens with zero attached hydrogens (tertiary/aromatic N) is 2. The molecule has 3 nitrogen and oxygen atoms in total. The molecule has 0 radical (unpaired) electrons. The van der Waals surface area contributed by atoms with Gasteiger partial charge in [0, 0.05) is 25.0 Å². The van der Waals surface area contributed by atoms with Crippen LogP contribution in [0, 0.1) is 0 Å². The van der Waals surface area contributed by atoms with E-state index in [0.29, 0.717) is 24.2 Å². The van der Waals surface area contributed by atoms with Crippen molar-refractivity contribution in [2.24, 2.45) is 0 Å². The Morgan fingerprint density at radius 1 is 1.00 bits per heavy atom. The molecule has 1 aliphatic heterocycles. The fraction of sp³-hybridized carbons (Fsp3) is 0.208. The van der Waals surface area contributed by atoms with Crippen molar-refractivity contribution in [3.63, 3.8) is 0 Å². The lowest BCUT2D eigenvalue weighted by Gasteiger charge is -2.26. The smallest absolute Gasteiger partial charge is 0.416 e. The van der Waals surface area contributed by atoms with E-state index in [4.69, 9.17) is 0 Å². The van der Waals surface area contributed by atoms with Crippen LogP contribution in [0.1, 0.15) is 23.2 Å². The number of fused-ring (bicyclic) bond motifs is 1. The number of hydrogen-bond acceptors (Lipinski definition) is 3. The number of phenolic OH excluding ortho intramolecular Hbond substituents is 1. The van der Waals surface area contributed by atoms with E-state index in [1.165, 1.54) is 6.07 Å². The number of halogens is 3. The van der Waals surface area contributed by atoms with Gasteiger partial charge in [0.05, 0.1) is 11.3 Å². The molecule has 3 aromatic rings. The molecule has 0 spiro atoms. The molecule has 0 unspecified atom stereocenters. The number of allylic oxidation sites excluding steroid dienone is 1. The van der Waals surface area contributed by atoms with Gasteiger partial charge in [-0.3, -0.25) is 4.90 Å². The number of hydrogen-bond donors (Lipinski definition) is 1. The van der Waals surface area contributed by atoms with Crippen LogP contribution in [0.4, 0.5) is 13.2 Å². The molecule has 6 heteroatoms. The molecule has 1 N–H and O–H groups in total. The molecule has 30 heavy (non-hydrogen) atoms. The van der Waals surface area contributed by atoms with Gasteiger partial charge in [0.2, 0.25) is 0 Å². The number of para-hydroxylation sites is 1. The van der Waals surface area contributed by atoms with Crippen LogP contribution in [-0.4, -0.2) is 28.1 Å². The number of pyridine rings is 1. The van der Waals surface area contributed by atoms with Gasteiger partial charge in [-0.1, -0.05) is 48.6 Å². The standard InChI is InChI=1S/C24H21F3N2O/c25-24(26,27)21-6-2-1-4-19(21)16-29-14-12-17(13-15-29)8-10-20-11-9-18-5-3-7-22(30)23(18)28-20/h1-12,30H,13-16H2. The van der Waals surface area contributed by atoms with Crippen LogP contribution in [-0.2, 0) is 12.7 Å². The van der Waals surface area contributed by atoms with Gasteiger partial charge in [0.15, 0.2) is 0 Å². The fourth-order valence-corrected chi connectivity index (χ4v) is 3.63. The molecular weight excluding hydrogens is 389 g/mol. The van der Waals surface area contributed by atoms with E-state index in [0.717, 1.165) is 29.1 Å². The van der Waals surface area contributed by atoms with Gasteiger partial charge in [0.25, 0.3) is 0 Å². The summed E-state index contributed by atoms with van der Waals surface area (Å²) in [6.07, 6.45) is 2.33. The zero-order valence-corrected chi connectivity index (χ0v) is 16.2. The molecule has 1 aliphatic rings. The predicted octanol–water partition coefficient (Wildman–Crippen LogP) is 5.80. The number of phenols is 1. The maximum absolute atomic E-state index is 13.2. The number of rotatable bonds is 4. The summed E-state index contributed by atoms with van der Waals surface area (Å²) in [6.45, 7) is 1.56. The Hall–Kier alpha value is -3.12. The minimum atomic E-state index is -4.34. The second kappa shape index (κ2) is 8.32. The highest BCUT2D eigenvalue weighted by molar-refractivity contribution is 5.85. The average Bonchev–Trinajstić information content (AvgIpc) is 2.73. The highest BCUT2D eigenvalue weighted by atomic mass is 19.4. The summed E-state index contributed by atoms with van der Waals surface area (Å²) in [5.74, 6) is 0.148. The van der Waals surface area contributed by atoms with Crippen molar-refractivity contribution in [2.75, 3.05) is 13.1 Å². The Kier molecular flexibility index (Phi) is 5.59. The molecule has 0 amide bonds. The second-order valence-electron chi connectivity index (χ2n) is 7.34. The van der Waals surface area contributed by atoms with E-state index in [1.54, 1.807) is 24.3 Å². The SMILES string of the molecule is Oc1cccc2ccc(C=CC3=CCN(Cc4ccccc4C(F)(F)F)CC3)nc12. The fourth-order valence-electron chi connectivity index (χ4n) is 3.63. The average molecular weight is 410 g/mol. The minimum Gasteiger partial charge on any atom is -0.506 e. The largest absolute Gasteiger partial charge is 0.506 e. The number of alkyl halides is 3. The van der Waals surface area contributed by atoms with E-state index in [1.807, 2.05) is 41.3 Å². The molecule has 0 saturated carbocycles. The molecule has 1 aromatic heterocycles. The predicted molar refractivity (Wildman–Crippen MR) is 112 cm³/mol. The van der Waals surface area contributed by atoms with Crippen LogP contribution in [0.15, 0.2) is 72.3 Å². The third-order valence-electron chi connectivity index (χ3n) is 5.23. The zero-order valence-electron chi connectivity index (χ0n) is 16.2.